The second-order valence-corrected chi connectivity index (χ2v) is 6.61. The summed E-state index contributed by atoms with van der Waals surface area (Å²) in [4.78, 5) is 26.3. The van der Waals surface area contributed by atoms with Gasteiger partial charge in [0.25, 0.3) is 0 Å². The van der Waals surface area contributed by atoms with Crippen LogP contribution in [0, 0.1) is 5.41 Å². The fourth-order valence-electron chi connectivity index (χ4n) is 2.62. The maximum Gasteiger partial charge on any atom is 0.236 e. The van der Waals surface area contributed by atoms with Crippen molar-refractivity contribution in [2.24, 2.45) is 5.41 Å². The van der Waals surface area contributed by atoms with Crippen LogP contribution in [0.5, 0.6) is 5.75 Å². The molecule has 23 heavy (non-hydrogen) atoms. The largest absolute Gasteiger partial charge is 0.490 e. The summed E-state index contributed by atoms with van der Waals surface area (Å²) in [6.45, 7) is 8.79. The number of hydrogen-bond donors (Lipinski definition) is 1. The maximum atomic E-state index is 12.7. The van der Waals surface area contributed by atoms with Gasteiger partial charge in [0, 0.05) is 24.7 Å². The Morgan fingerprint density at radius 3 is 2.70 bits per heavy atom. The Balaban J connectivity index is 2.33. The Morgan fingerprint density at radius 2 is 2.04 bits per heavy atom. The Labute approximate surface area is 138 Å². The average molecular weight is 318 g/mol. The molecule has 0 bridgehead atoms. The normalized spacial score (nSPS) is 16.3. The fraction of sp³-hybridized carbons (Fsp3) is 0.556. The minimum Gasteiger partial charge on any atom is -0.490 e. The fourth-order valence-corrected chi connectivity index (χ4v) is 2.62. The SMILES string of the molecule is CCCC(=O)Nc1ccc2c(c1)OCC(C)(C)C(=O)N2CCC. The number of ether oxygens (including phenoxy) is 1. The number of rotatable bonds is 5. The standard InChI is InChI=1S/C18H26N2O3/c1-5-7-16(21)19-13-8-9-14-15(11-13)23-12-18(3,4)17(22)20(14)10-6-2/h8-9,11H,5-7,10,12H2,1-4H3,(H,19,21). The summed E-state index contributed by atoms with van der Waals surface area (Å²) < 4.78 is 5.88. The molecule has 0 spiro atoms. The van der Waals surface area contributed by atoms with Crippen LogP contribution in [-0.2, 0) is 9.59 Å². The van der Waals surface area contributed by atoms with E-state index in [2.05, 4.69) is 5.32 Å². The smallest absolute Gasteiger partial charge is 0.236 e. The molecular formula is C18H26N2O3. The molecule has 5 heteroatoms. The lowest BCUT2D eigenvalue weighted by molar-refractivity contribution is -0.127. The molecule has 2 amide bonds. The monoisotopic (exact) mass is 318 g/mol. The van der Waals surface area contributed by atoms with E-state index in [1.807, 2.05) is 39.8 Å². The first-order valence-electron chi connectivity index (χ1n) is 8.27. The van der Waals surface area contributed by atoms with Gasteiger partial charge in [0.2, 0.25) is 11.8 Å². The van der Waals surface area contributed by atoms with Crippen LogP contribution in [0.2, 0.25) is 0 Å². The first-order valence-corrected chi connectivity index (χ1v) is 8.27. The van der Waals surface area contributed by atoms with Gasteiger partial charge in [0.05, 0.1) is 11.1 Å². The van der Waals surface area contributed by atoms with Crippen LogP contribution in [0.1, 0.15) is 47.0 Å². The number of carbonyl (C=O) groups excluding carboxylic acids is 2. The Kier molecular flexibility index (Phi) is 5.29. The van der Waals surface area contributed by atoms with Crippen LogP contribution >= 0.6 is 0 Å². The summed E-state index contributed by atoms with van der Waals surface area (Å²) in [5.41, 5.74) is 0.904. The number of carbonyl (C=O) groups is 2. The summed E-state index contributed by atoms with van der Waals surface area (Å²) in [7, 11) is 0. The van der Waals surface area contributed by atoms with Gasteiger partial charge in [-0.2, -0.15) is 0 Å². The van der Waals surface area contributed by atoms with Crippen molar-refractivity contribution in [3.63, 3.8) is 0 Å². The van der Waals surface area contributed by atoms with E-state index in [0.717, 1.165) is 18.5 Å². The van der Waals surface area contributed by atoms with E-state index >= 15 is 0 Å². The highest BCUT2D eigenvalue weighted by Crippen LogP contribution is 2.38. The first-order chi connectivity index (χ1) is 10.9. The maximum absolute atomic E-state index is 12.7. The lowest BCUT2D eigenvalue weighted by Gasteiger charge is -2.27. The summed E-state index contributed by atoms with van der Waals surface area (Å²) in [5.74, 6) is 0.704. The van der Waals surface area contributed by atoms with Crippen LogP contribution in [0.3, 0.4) is 0 Å². The van der Waals surface area contributed by atoms with Crippen molar-refractivity contribution in [1.29, 1.82) is 0 Å². The van der Waals surface area contributed by atoms with Crippen LogP contribution in [-0.4, -0.2) is 25.0 Å². The van der Waals surface area contributed by atoms with Crippen molar-refractivity contribution in [3.8, 4) is 5.75 Å². The molecule has 0 radical (unpaired) electrons. The topological polar surface area (TPSA) is 58.6 Å². The van der Waals surface area contributed by atoms with Crippen LogP contribution in [0.25, 0.3) is 0 Å². The van der Waals surface area contributed by atoms with E-state index < -0.39 is 5.41 Å². The van der Waals surface area contributed by atoms with E-state index in [4.69, 9.17) is 4.74 Å². The number of benzene rings is 1. The van der Waals surface area contributed by atoms with Crippen molar-refractivity contribution >= 4 is 23.2 Å². The molecule has 5 nitrogen and oxygen atoms in total. The number of nitrogens with one attached hydrogen (secondary N) is 1. The molecule has 0 saturated heterocycles. The molecule has 0 unspecified atom stereocenters. The van der Waals surface area contributed by atoms with Crippen LogP contribution in [0.15, 0.2) is 18.2 Å². The van der Waals surface area contributed by atoms with Crippen LogP contribution in [0.4, 0.5) is 11.4 Å². The molecule has 1 heterocycles. The van der Waals surface area contributed by atoms with Crippen molar-refractivity contribution in [3.05, 3.63) is 18.2 Å². The summed E-state index contributed by atoms with van der Waals surface area (Å²) >= 11 is 0. The number of fused-ring (bicyclic) bond motifs is 1. The van der Waals surface area contributed by atoms with Crippen molar-refractivity contribution in [1.82, 2.24) is 0 Å². The zero-order valence-electron chi connectivity index (χ0n) is 14.4. The van der Waals surface area contributed by atoms with Crippen LogP contribution < -0.4 is 15.0 Å². The zero-order chi connectivity index (χ0) is 17.0. The highest BCUT2D eigenvalue weighted by Gasteiger charge is 2.37. The van der Waals surface area contributed by atoms with Gasteiger partial charge in [-0.15, -0.1) is 0 Å². The highest BCUT2D eigenvalue weighted by molar-refractivity contribution is 6.00. The molecule has 0 aromatic heterocycles. The van der Waals surface area contributed by atoms with Gasteiger partial charge in [-0.3, -0.25) is 9.59 Å². The van der Waals surface area contributed by atoms with Gasteiger partial charge in [0.15, 0.2) is 0 Å². The Hall–Kier alpha value is -2.04. The predicted octanol–water partition coefficient (Wildman–Crippen LogP) is 3.59. The number of hydrogen-bond acceptors (Lipinski definition) is 3. The molecule has 0 saturated carbocycles. The molecule has 0 atom stereocenters. The molecule has 1 aliphatic heterocycles. The number of amides is 2. The number of anilines is 2. The van der Waals surface area contributed by atoms with E-state index in [9.17, 15) is 9.59 Å². The lowest BCUT2D eigenvalue weighted by atomic mass is 9.93. The predicted molar refractivity (Wildman–Crippen MR) is 91.9 cm³/mol. The summed E-state index contributed by atoms with van der Waals surface area (Å²) in [6.07, 6.45) is 2.17. The Morgan fingerprint density at radius 1 is 1.30 bits per heavy atom. The first kappa shape index (κ1) is 17.3. The Bertz CT molecular complexity index is 596. The molecule has 2 rings (SSSR count). The van der Waals surface area contributed by atoms with Crippen molar-refractivity contribution < 1.29 is 14.3 Å². The van der Waals surface area contributed by atoms with Gasteiger partial charge in [-0.25, -0.2) is 0 Å². The molecule has 0 fully saturated rings. The average Bonchev–Trinajstić information content (AvgIpc) is 2.58. The highest BCUT2D eigenvalue weighted by atomic mass is 16.5. The third kappa shape index (κ3) is 3.84. The van der Waals surface area contributed by atoms with Crippen molar-refractivity contribution in [2.45, 2.75) is 47.0 Å². The summed E-state index contributed by atoms with van der Waals surface area (Å²) in [6, 6.07) is 5.48. The van der Waals surface area contributed by atoms with Gasteiger partial charge < -0.3 is 15.0 Å². The van der Waals surface area contributed by atoms with Gasteiger partial charge >= 0.3 is 0 Å². The summed E-state index contributed by atoms with van der Waals surface area (Å²) in [5, 5.41) is 2.87. The molecule has 126 valence electrons. The van der Waals surface area contributed by atoms with Gasteiger partial charge in [0.1, 0.15) is 12.4 Å². The zero-order valence-corrected chi connectivity index (χ0v) is 14.4. The number of nitrogens with zero attached hydrogens (tertiary/aromatic N) is 1. The van der Waals surface area contributed by atoms with Gasteiger partial charge in [-0.05, 0) is 38.8 Å². The molecule has 1 N–H and O–H groups in total. The quantitative estimate of drug-likeness (QED) is 0.902. The second kappa shape index (κ2) is 7.02. The minimum atomic E-state index is -0.570. The third-order valence-corrected chi connectivity index (χ3v) is 3.87. The van der Waals surface area contributed by atoms with E-state index in [-0.39, 0.29) is 11.8 Å². The third-order valence-electron chi connectivity index (χ3n) is 3.87. The molecule has 1 aliphatic rings. The van der Waals surface area contributed by atoms with E-state index in [0.29, 0.717) is 31.0 Å². The molecule has 1 aromatic rings. The van der Waals surface area contributed by atoms with Crippen molar-refractivity contribution in [2.75, 3.05) is 23.4 Å². The molecule has 1 aromatic carbocycles. The van der Waals surface area contributed by atoms with E-state index in [1.165, 1.54) is 0 Å². The second-order valence-electron chi connectivity index (χ2n) is 6.61. The molecular weight excluding hydrogens is 292 g/mol. The lowest BCUT2D eigenvalue weighted by Crippen LogP contribution is -2.42. The minimum absolute atomic E-state index is 0.0112. The van der Waals surface area contributed by atoms with Gasteiger partial charge in [-0.1, -0.05) is 13.8 Å². The van der Waals surface area contributed by atoms with E-state index in [1.54, 1.807) is 11.0 Å². The molecule has 0 aliphatic carbocycles.